The summed E-state index contributed by atoms with van der Waals surface area (Å²) in [6.45, 7) is 4.71. The van der Waals surface area contributed by atoms with E-state index in [1.165, 1.54) is 12.4 Å². The number of hydrogen-bond acceptors (Lipinski definition) is 6. The third-order valence-electron chi connectivity index (χ3n) is 4.71. The van der Waals surface area contributed by atoms with Crippen molar-refractivity contribution in [3.63, 3.8) is 0 Å². The Kier molecular flexibility index (Phi) is 4.35. The summed E-state index contributed by atoms with van der Waals surface area (Å²) in [5.41, 5.74) is 2.03. The minimum Gasteiger partial charge on any atom is -0.373 e. The molecule has 132 valence electrons. The maximum atomic E-state index is 12.9. The van der Waals surface area contributed by atoms with Gasteiger partial charge in [0.05, 0.1) is 38.2 Å². The number of ether oxygens (including phenoxy) is 2. The van der Waals surface area contributed by atoms with Crippen LogP contribution in [0.1, 0.15) is 24.0 Å². The average Bonchev–Trinajstić information content (AvgIpc) is 2.59. The van der Waals surface area contributed by atoms with Crippen LogP contribution in [0.2, 0.25) is 0 Å². The molecule has 2 fully saturated rings. The van der Waals surface area contributed by atoms with E-state index in [2.05, 4.69) is 21.0 Å². The lowest BCUT2D eigenvalue weighted by Crippen LogP contribution is -2.66. The highest BCUT2D eigenvalue weighted by atomic mass is 19.1. The maximum Gasteiger partial charge on any atom is 0.225 e. The molecule has 0 amide bonds. The lowest BCUT2D eigenvalue weighted by Gasteiger charge is -2.52. The first-order valence-electron chi connectivity index (χ1n) is 8.50. The van der Waals surface area contributed by atoms with Gasteiger partial charge in [0, 0.05) is 25.4 Å². The molecule has 0 radical (unpaired) electrons. The highest BCUT2D eigenvalue weighted by molar-refractivity contribution is 5.37. The van der Waals surface area contributed by atoms with E-state index >= 15 is 0 Å². The van der Waals surface area contributed by atoms with Gasteiger partial charge in [-0.15, -0.1) is 0 Å². The molecule has 2 saturated heterocycles. The van der Waals surface area contributed by atoms with Crippen LogP contribution in [-0.4, -0.2) is 46.4 Å². The topological polar surface area (TPSA) is 60.4 Å². The Morgan fingerprint density at radius 3 is 2.84 bits per heavy atom. The molecular formula is C18H21FN4O2. The molecule has 0 aromatic carbocycles. The van der Waals surface area contributed by atoms with E-state index in [1.54, 1.807) is 0 Å². The van der Waals surface area contributed by atoms with E-state index in [4.69, 9.17) is 9.47 Å². The number of hydrogen-bond donors (Lipinski definition) is 0. The average molecular weight is 344 g/mol. The molecule has 1 spiro atoms. The van der Waals surface area contributed by atoms with E-state index in [0.717, 1.165) is 24.0 Å². The summed E-state index contributed by atoms with van der Waals surface area (Å²) >= 11 is 0. The zero-order valence-corrected chi connectivity index (χ0v) is 14.2. The Bertz CT molecular complexity index is 734. The Labute approximate surface area is 146 Å². The van der Waals surface area contributed by atoms with Crippen molar-refractivity contribution in [2.24, 2.45) is 0 Å². The van der Waals surface area contributed by atoms with Crippen LogP contribution in [0.5, 0.6) is 0 Å². The van der Waals surface area contributed by atoms with Crippen molar-refractivity contribution in [2.45, 2.75) is 38.1 Å². The van der Waals surface area contributed by atoms with Crippen molar-refractivity contribution in [1.82, 2.24) is 15.0 Å². The molecule has 0 aliphatic carbocycles. The Hall–Kier alpha value is -2.12. The molecule has 0 bridgehead atoms. The number of anilines is 1. The second kappa shape index (κ2) is 6.65. The van der Waals surface area contributed by atoms with Gasteiger partial charge in [-0.3, -0.25) is 4.98 Å². The third-order valence-corrected chi connectivity index (χ3v) is 4.71. The van der Waals surface area contributed by atoms with Gasteiger partial charge in [0.2, 0.25) is 5.95 Å². The summed E-state index contributed by atoms with van der Waals surface area (Å²) in [7, 11) is 0. The number of aromatic nitrogens is 3. The molecule has 6 nitrogen and oxygen atoms in total. The Morgan fingerprint density at radius 2 is 2.08 bits per heavy atom. The molecule has 0 saturated carbocycles. The molecule has 4 rings (SSSR count). The molecule has 4 heterocycles. The van der Waals surface area contributed by atoms with E-state index < -0.39 is 5.82 Å². The van der Waals surface area contributed by atoms with Crippen molar-refractivity contribution >= 4 is 5.95 Å². The van der Waals surface area contributed by atoms with Gasteiger partial charge < -0.3 is 14.4 Å². The van der Waals surface area contributed by atoms with Gasteiger partial charge in [-0.05, 0) is 24.5 Å². The smallest absolute Gasteiger partial charge is 0.225 e. The maximum absolute atomic E-state index is 12.9. The SMILES string of the molecule is Cc1cncc(CO[C@@H]2CCOC3(C2)CN(c2ncc(F)cn2)C3)c1. The number of nitrogens with zero attached hydrogens (tertiary/aromatic N) is 4. The van der Waals surface area contributed by atoms with Crippen molar-refractivity contribution in [1.29, 1.82) is 0 Å². The molecule has 0 N–H and O–H groups in total. The minimum atomic E-state index is -0.424. The Morgan fingerprint density at radius 1 is 1.28 bits per heavy atom. The fourth-order valence-electron chi connectivity index (χ4n) is 3.52. The van der Waals surface area contributed by atoms with Crippen molar-refractivity contribution in [2.75, 3.05) is 24.6 Å². The fourth-order valence-corrected chi connectivity index (χ4v) is 3.52. The highest BCUT2D eigenvalue weighted by Gasteiger charge is 2.48. The van der Waals surface area contributed by atoms with Crippen LogP contribution < -0.4 is 4.90 Å². The summed E-state index contributed by atoms with van der Waals surface area (Å²) in [6.07, 6.45) is 7.99. The van der Waals surface area contributed by atoms with Gasteiger partial charge in [-0.25, -0.2) is 14.4 Å². The number of aryl methyl sites for hydroxylation is 1. The van der Waals surface area contributed by atoms with Crippen LogP contribution >= 0.6 is 0 Å². The second-order valence-corrected chi connectivity index (χ2v) is 6.89. The predicted molar refractivity (Wildman–Crippen MR) is 89.7 cm³/mol. The number of rotatable bonds is 4. The van der Waals surface area contributed by atoms with E-state index in [9.17, 15) is 4.39 Å². The summed E-state index contributed by atoms with van der Waals surface area (Å²) in [5, 5.41) is 0. The van der Waals surface area contributed by atoms with Gasteiger partial charge in [0.25, 0.3) is 0 Å². The first-order valence-corrected chi connectivity index (χ1v) is 8.50. The lowest BCUT2D eigenvalue weighted by atomic mass is 9.85. The van der Waals surface area contributed by atoms with Gasteiger partial charge in [0.15, 0.2) is 5.82 Å². The van der Waals surface area contributed by atoms with Gasteiger partial charge >= 0.3 is 0 Å². The minimum absolute atomic E-state index is 0.172. The van der Waals surface area contributed by atoms with Crippen LogP contribution in [0.4, 0.5) is 10.3 Å². The van der Waals surface area contributed by atoms with Gasteiger partial charge in [-0.2, -0.15) is 0 Å². The molecule has 1 atom stereocenters. The molecule has 2 aromatic heterocycles. The number of halogens is 1. The summed E-state index contributed by atoms with van der Waals surface area (Å²) in [4.78, 5) is 14.3. The third kappa shape index (κ3) is 3.62. The fraction of sp³-hybridized carbons (Fsp3) is 0.500. The molecule has 25 heavy (non-hydrogen) atoms. The van der Waals surface area contributed by atoms with Crippen LogP contribution in [0.3, 0.4) is 0 Å². The summed E-state index contributed by atoms with van der Waals surface area (Å²) < 4.78 is 25.0. The van der Waals surface area contributed by atoms with Crippen LogP contribution in [0.15, 0.2) is 30.9 Å². The summed E-state index contributed by atoms with van der Waals surface area (Å²) in [6, 6.07) is 2.10. The lowest BCUT2D eigenvalue weighted by molar-refractivity contribution is -0.148. The first kappa shape index (κ1) is 16.4. The predicted octanol–water partition coefficient (Wildman–Crippen LogP) is 2.27. The monoisotopic (exact) mass is 344 g/mol. The molecule has 2 aromatic rings. The number of pyridine rings is 1. The molecule has 2 aliphatic rings. The van der Waals surface area contributed by atoms with Gasteiger partial charge in [-0.1, -0.05) is 6.07 Å². The van der Waals surface area contributed by atoms with E-state index in [1.807, 2.05) is 24.2 Å². The second-order valence-electron chi connectivity index (χ2n) is 6.89. The van der Waals surface area contributed by atoms with Crippen molar-refractivity contribution in [3.8, 4) is 0 Å². The molecule has 2 aliphatic heterocycles. The molecule has 0 unspecified atom stereocenters. The van der Waals surface area contributed by atoms with Crippen molar-refractivity contribution in [3.05, 3.63) is 47.8 Å². The summed E-state index contributed by atoms with van der Waals surface area (Å²) in [5.74, 6) is 0.122. The van der Waals surface area contributed by atoms with Crippen LogP contribution in [0.25, 0.3) is 0 Å². The zero-order chi connectivity index (χ0) is 17.3. The highest BCUT2D eigenvalue weighted by Crippen LogP contribution is 2.36. The van der Waals surface area contributed by atoms with Crippen molar-refractivity contribution < 1.29 is 13.9 Å². The van der Waals surface area contributed by atoms with E-state index in [-0.39, 0.29) is 11.7 Å². The largest absolute Gasteiger partial charge is 0.373 e. The normalized spacial score (nSPS) is 22.0. The van der Waals surface area contributed by atoms with Gasteiger partial charge in [0.1, 0.15) is 5.60 Å². The molecular weight excluding hydrogens is 323 g/mol. The van der Waals surface area contributed by atoms with Crippen LogP contribution in [-0.2, 0) is 16.1 Å². The first-order chi connectivity index (χ1) is 12.1. The standard InChI is InChI=1S/C18H21FN4O2/c1-13-4-14(7-20-6-13)10-24-16-2-3-25-18(5-16)11-23(12-18)17-21-8-15(19)9-22-17/h4,6-9,16H,2-3,5,10-12H2,1H3/t16-/m1/s1. The van der Waals surface area contributed by atoms with Crippen LogP contribution in [0, 0.1) is 12.7 Å². The Balaban J connectivity index is 1.32. The quantitative estimate of drug-likeness (QED) is 0.848. The zero-order valence-electron chi connectivity index (χ0n) is 14.2. The molecule has 7 heteroatoms. The van der Waals surface area contributed by atoms with E-state index in [0.29, 0.717) is 32.3 Å².